The van der Waals surface area contributed by atoms with Gasteiger partial charge in [0.15, 0.2) is 0 Å². The number of nitrogen functional groups attached to an aromatic ring is 1. The average Bonchev–Trinajstić information content (AvgIpc) is 2.66. The van der Waals surface area contributed by atoms with Crippen LogP contribution in [0.15, 0.2) is 57.2 Å². The van der Waals surface area contributed by atoms with Gasteiger partial charge in [0.1, 0.15) is 30.4 Å². The Kier molecular flexibility index (Phi) is 12.8. The first kappa shape index (κ1) is 35.9. The molecule has 0 aliphatic rings. The number of carbonyl (C=O) groups excluding carboxylic acids is 1. The molecule has 0 saturated carbocycles. The molecule has 0 aliphatic carbocycles. The Balaban J connectivity index is 0.00000408. The Hall–Kier alpha value is -0.0800. The summed E-state index contributed by atoms with van der Waals surface area (Å²) in [7, 11) is -16.2. The van der Waals surface area contributed by atoms with Crippen molar-refractivity contribution in [2.24, 2.45) is 0 Å². The Morgan fingerprint density at radius 1 is 0.778 bits per heavy atom. The Labute approximate surface area is 273 Å². The number of hydrogen-bond donors (Lipinski definition) is 2. The van der Waals surface area contributed by atoms with E-state index in [9.17, 15) is 43.7 Å². The first-order valence-electron chi connectivity index (χ1n) is 8.66. The maximum Gasteiger partial charge on any atom is 1.00 e. The molecule has 0 radical (unpaired) electrons. The minimum atomic E-state index is -5.53. The number of benzene rings is 3. The smallest absolute Gasteiger partial charge is 0.744 e. The van der Waals surface area contributed by atoms with Crippen molar-refractivity contribution in [1.82, 2.24) is 0 Å². The fourth-order valence-corrected chi connectivity index (χ4v) is 5.04. The van der Waals surface area contributed by atoms with Crippen LogP contribution in [0.5, 0.6) is 0 Å². The van der Waals surface area contributed by atoms with Crippen LogP contribution in [0.3, 0.4) is 0 Å². The predicted octanol–water partition coefficient (Wildman–Crippen LogP) is -8.29. The molecule has 18 heteroatoms. The minimum Gasteiger partial charge on any atom is -0.744 e. The molecule has 0 bridgehead atoms. The van der Waals surface area contributed by atoms with Gasteiger partial charge in [-0.15, -0.1) is 0 Å². The number of hydrogen-bond acceptors (Lipinski definition) is 11. The van der Waals surface area contributed by atoms with E-state index in [1.165, 1.54) is 18.2 Å². The molecule has 0 unspecified atom stereocenters. The zero-order valence-electron chi connectivity index (χ0n) is 19.4. The summed E-state index contributed by atoms with van der Waals surface area (Å²) in [5, 5.41) is 0.664. The van der Waals surface area contributed by atoms with Gasteiger partial charge in [-0.2, -0.15) is 0 Å². The van der Waals surface area contributed by atoms with Crippen molar-refractivity contribution >= 4 is 58.4 Å². The van der Waals surface area contributed by atoms with E-state index in [4.69, 9.17) is 5.73 Å². The van der Waals surface area contributed by atoms with E-state index in [2.05, 4.69) is 5.32 Å². The first-order valence-corrected chi connectivity index (χ1v) is 12.9. The van der Waals surface area contributed by atoms with Crippen molar-refractivity contribution in [3.63, 3.8) is 0 Å². The van der Waals surface area contributed by atoms with E-state index in [0.717, 1.165) is 6.07 Å². The monoisotopic (exact) mass is 582 g/mol. The van der Waals surface area contributed by atoms with Crippen molar-refractivity contribution in [3.05, 3.63) is 53.6 Å². The SMILES string of the molecule is Cc1ccc(C(=O)Nc2ccc(S(=O)(=O)[O-])c3cc(S(=O)(=O)[O-])cc(S(=O)(=O)[O-])c23)cc1N.[Na+].[Na+].[Na+]. The molecule has 3 aromatic carbocycles. The number of carbonyl (C=O) groups is 1. The molecule has 0 aliphatic heterocycles. The minimum absolute atomic E-state index is 0. The molecular weight excluding hydrogens is 569 g/mol. The average molecular weight is 582 g/mol. The topological polar surface area (TPSA) is 227 Å². The summed E-state index contributed by atoms with van der Waals surface area (Å²) in [6.45, 7) is 1.68. The van der Waals surface area contributed by atoms with Crippen LogP contribution in [0.2, 0.25) is 0 Å². The number of aryl methyl sites for hydroxylation is 1. The molecule has 36 heavy (non-hydrogen) atoms. The van der Waals surface area contributed by atoms with E-state index in [1.54, 1.807) is 6.92 Å². The Bertz CT molecular complexity index is 1660. The molecule has 0 aromatic heterocycles. The molecule has 0 atom stereocenters. The van der Waals surface area contributed by atoms with Crippen LogP contribution in [0.25, 0.3) is 10.8 Å². The molecule has 0 fully saturated rings. The number of nitrogens with one attached hydrogen (secondary N) is 1. The van der Waals surface area contributed by atoms with Crippen LogP contribution in [-0.4, -0.2) is 44.8 Å². The van der Waals surface area contributed by atoms with E-state index in [0.29, 0.717) is 17.7 Å². The number of amides is 1. The number of fused-ring (bicyclic) bond motifs is 1. The van der Waals surface area contributed by atoms with Crippen LogP contribution in [0.1, 0.15) is 15.9 Å². The number of nitrogens with two attached hydrogens (primary N) is 1. The van der Waals surface area contributed by atoms with Crippen molar-refractivity contribution in [1.29, 1.82) is 0 Å². The predicted molar refractivity (Wildman–Crippen MR) is 111 cm³/mol. The fraction of sp³-hybridized carbons (Fsp3) is 0.0556. The van der Waals surface area contributed by atoms with Crippen LogP contribution in [0.4, 0.5) is 11.4 Å². The van der Waals surface area contributed by atoms with Crippen molar-refractivity contribution in [2.45, 2.75) is 21.6 Å². The Morgan fingerprint density at radius 3 is 1.81 bits per heavy atom. The van der Waals surface area contributed by atoms with Gasteiger partial charge in [-0.3, -0.25) is 4.79 Å². The zero-order chi connectivity index (χ0) is 24.9. The zero-order valence-corrected chi connectivity index (χ0v) is 27.9. The van der Waals surface area contributed by atoms with Crippen LogP contribution >= 0.6 is 0 Å². The van der Waals surface area contributed by atoms with Crippen molar-refractivity contribution < 1.29 is 132 Å². The molecule has 0 saturated heterocycles. The summed E-state index contributed by atoms with van der Waals surface area (Å²) < 4.78 is 105. The summed E-state index contributed by atoms with van der Waals surface area (Å²) in [6.07, 6.45) is 0. The summed E-state index contributed by atoms with van der Waals surface area (Å²) >= 11 is 0. The molecule has 3 aromatic rings. The van der Waals surface area contributed by atoms with Gasteiger partial charge in [0.2, 0.25) is 0 Å². The summed E-state index contributed by atoms with van der Waals surface area (Å²) in [5.74, 6) is -0.851. The molecule has 12 nitrogen and oxygen atoms in total. The molecule has 3 rings (SSSR count). The van der Waals surface area contributed by atoms with Crippen molar-refractivity contribution in [2.75, 3.05) is 11.1 Å². The van der Waals surface area contributed by atoms with Gasteiger partial charge in [-0.25, -0.2) is 25.3 Å². The third-order valence-electron chi connectivity index (χ3n) is 4.63. The standard InChI is InChI=1S/C18H16N2O10S3.3Na/c1-9-2-3-10(6-13(9)19)18(21)20-14-4-5-15(32(25,26)27)12-7-11(31(22,23)24)8-16(17(12)14)33(28,29)30;;;/h2-8H,19H2,1H3,(H,20,21)(H,22,23,24)(H,25,26,27)(H,28,29,30);;;/q;3*+1/p-3. The normalized spacial score (nSPS) is 11.6. The van der Waals surface area contributed by atoms with E-state index in [-0.39, 0.29) is 106 Å². The third kappa shape index (κ3) is 7.97. The molecule has 176 valence electrons. The number of anilines is 2. The molecular formula is C18H13N2Na3O10S3. The van der Waals surface area contributed by atoms with Gasteiger partial charge < -0.3 is 24.7 Å². The summed E-state index contributed by atoms with van der Waals surface area (Å²) in [4.78, 5) is 8.98. The summed E-state index contributed by atoms with van der Waals surface area (Å²) in [5.41, 5.74) is 6.25. The van der Waals surface area contributed by atoms with Crippen LogP contribution in [0, 0.1) is 6.92 Å². The van der Waals surface area contributed by atoms with Gasteiger partial charge in [-0.05, 0) is 48.9 Å². The van der Waals surface area contributed by atoms with Gasteiger partial charge in [-0.1, -0.05) is 6.07 Å². The molecule has 0 heterocycles. The Morgan fingerprint density at radius 2 is 1.33 bits per heavy atom. The molecule has 0 spiro atoms. The quantitative estimate of drug-likeness (QED) is 0.163. The first-order chi connectivity index (χ1) is 15.0. The maximum absolute atomic E-state index is 12.7. The van der Waals surface area contributed by atoms with Crippen LogP contribution < -0.4 is 99.7 Å². The second-order valence-corrected chi connectivity index (χ2v) is 10.9. The molecule has 1 amide bonds. The third-order valence-corrected chi connectivity index (χ3v) is 7.20. The molecule has 3 N–H and O–H groups in total. The van der Waals surface area contributed by atoms with Crippen LogP contribution in [-0.2, 0) is 30.4 Å². The van der Waals surface area contributed by atoms with Gasteiger partial charge in [0.25, 0.3) is 5.91 Å². The van der Waals surface area contributed by atoms with E-state index < -0.39 is 67.4 Å². The fourth-order valence-electron chi connectivity index (χ4n) is 3.03. The second-order valence-electron chi connectivity index (χ2n) is 6.84. The maximum atomic E-state index is 12.7. The van der Waals surface area contributed by atoms with Gasteiger partial charge in [0.05, 0.1) is 20.4 Å². The van der Waals surface area contributed by atoms with Crippen molar-refractivity contribution in [3.8, 4) is 0 Å². The largest absolute Gasteiger partial charge is 1.00 e. The van der Waals surface area contributed by atoms with Gasteiger partial charge in [0, 0.05) is 22.0 Å². The second kappa shape index (κ2) is 12.8. The summed E-state index contributed by atoms with van der Waals surface area (Å²) in [6, 6.07) is 6.40. The van der Waals surface area contributed by atoms with E-state index >= 15 is 0 Å². The number of rotatable bonds is 5. The van der Waals surface area contributed by atoms with Gasteiger partial charge >= 0.3 is 88.7 Å². The van der Waals surface area contributed by atoms with E-state index in [1.807, 2.05) is 0 Å².